The minimum absolute atomic E-state index is 0.707. The molecule has 16 heavy (non-hydrogen) atoms. The van der Waals surface area contributed by atoms with E-state index >= 15 is 0 Å². The average molecular weight is 220 g/mol. The number of rotatable bonds is 5. The molecule has 0 radical (unpaired) electrons. The van der Waals surface area contributed by atoms with Gasteiger partial charge in [0.2, 0.25) is 0 Å². The quantitative estimate of drug-likeness (QED) is 0.826. The van der Waals surface area contributed by atoms with Crippen molar-refractivity contribution in [2.75, 3.05) is 23.8 Å². The molecule has 0 amide bonds. The molecule has 4 nitrogen and oxygen atoms in total. The lowest BCUT2D eigenvalue weighted by Gasteiger charge is -2.23. The maximum atomic E-state index is 4.54. The van der Waals surface area contributed by atoms with Crippen LogP contribution in [-0.4, -0.2) is 29.6 Å². The number of hydrogen-bond acceptors (Lipinski definition) is 4. The maximum absolute atomic E-state index is 4.54. The van der Waals surface area contributed by atoms with Crippen molar-refractivity contribution in [3.05, 3.63) is 11.9 Å². The first-order chi connectivity index (χ1) is 7.74. The van der Waals surface area contributed by atoms with Gasteiger partial charge in [-0.3, -0.25) is 0 Å². The van der Waals surface area contributed by atoms with Crippen LogP contribution in [0.25, 0.3) is 0 Å². The fraction of sp³-hybridized carbons (Fsp3) is 0.667. The number of anilines is 2. The van der Waals surface area contributed by atoms with Crippen LogP contribution in [0.15, 0.2) is 6.07 Å². The Morgan fingerprint density at radius 3 is 2.75 bits per heavy atom. The lowest BCUT2D eigenvalue weighted by atomic mass is 10.3. The molecule has 0 atom stereocenters. The Kier molecular flexibility index (Phi) is 3.27. The van der Waals surface area contributed by atoms with Gasteiger partial charge >= 0.3 is 0 Å². The van der Waals surface area contributed by atoms with Crippen molar-refractivity contribution >= 4 is 11.6 Å². The van der Waals surface area contributed by atoms with Crippen molar-refractivity contribution in [1.29, 1.82) is 0 Å². The summed E-state index contributed by atoms with van der Waals surface area (Å²) in [6, 6.07) is 2.75. The average Bonchev–Trinajstić information content (AvgIpc) is 3.08. The van der Waals surface area contributed by atoms with Crippen LogP contribution in [0.3, 0.4) is 0 Å². The number of hydrogen-bond donors (Lipinski definition) is 1. The van der Waals surface area contributed by atoms with Crippen LogP contribution in [0.1, 0.15) is 32.0 Å². The van der Waals surface area contributed by atoms with Gasteiger partial charge in [0.15, 0.2) is 0 Å². The fourth-order valence-corrected chi connectivity index (χ4v) is 1.94. The van der Waals surface area contributed by atoms with Crippen LogP contribution in [0.4, 0.5) is 11.6 Å². The standard InChI is InChI=1S/C12H20N4/c1-4-7-16(10-5-6-10)12-8-11(13-3)14-9(2)15-12/h8,10H,4-7H2,1-3H3,(H,13,14,15). The third-order valence-corrected chi connectivity index (χ3v) is 2.83. The summed E-state index contributed by atoms with van der Waals surface area (Å²) in [6.45, 7) is 5.24. The van der Waals surface area contributed by atoms with Gasteiger partial charge in [0, 0.05) is 25.7 Å². The molecule has 1 aliphatic carbocycles. The van der Waals surface area contributed by atoms with Gasteiger partial charge in [-0.05, 0) is 26.2 Å². The zero-order valence-electron chi connectivity index (χ0n) is 10.3. The molecular weight excluding hydrogens is 200 g/mol. The molecule has 1 aromatic heterocycles. The van der Waals surface area contributed by atoms with E-state index in [0.717, 1.165) is 30.4 Å². The first kappa shape index (κ1) is 11.2. The third kappa shape index (κ3) is 2.43. The van der Waals surface area contributed by atoms with Gasteiger partial charge in [0.1, 0.15) is 17.5 Å². The molecule has 0 saturated heterocycles. The molecule has 1 aliphatic rings. The van der Waals surface area contributed by atoms with Gasteiger partial charge in [0.25, 0.3) is 0 Å². The van der Waals surface area contributed by atoms with E-state index in [-0.39, 0.29) is 0 Å². The summed E-state index contributed by atoms with van der Waals surface area (Å²) in [7, 11) is 1.90. The Morgan fingerprint density at radius 2 is 2.19 bits per heavy atom. The second-order valence-electron chi connectivity index (χ2n) is 4.33. The Morgan fingerprint density at radius 1 is 1.44 bits per heavy atom. The molecule has 0 aliphatic heterocycles. The summed E-state index contributed by atoms with van der Waals surface area (Å²) < 4.78 is 0. The van der Waals surface area contributed by atoms with E-state index in [4.69, 9.17) is 0 Å². The predicted molar refractivity (Wildman–Crippen MR) is 67.0 cm³/mol. The molecule has 1 N–H and O–H groups in total. The van der Waals surface area contributed by atoms with Crippen molar-refractivity contribution in [3.63, 3.8) is 0 Å². The SMILES string of the molecule is CCCN(c1cc(NC)nc(C)n1)C1CC1. The Labute approximate surface area is 97.1 Å². The molecule has 4 heteroatoms. The van der Waals surface area contributed by atoms with Crippen LogP contribution in [-0.2, 0) is 0 Å². The van der Waals surface area contributed by atoms with Gasteiger partial charge in [-0.25, -0.2) is 9.97 Å². The lowest BCUT2D eigenvalue weighted by molar-refractivity contribution is 0.746. The first-order valence-electron chi connectivity index (χ1n) is 6.04. The van der Waals surface area contributed by atoms with Gasteiger partial charge < -0.3 is 10.2 Å². The zero-order chi connectivity index (χ0) is 11.5. The highest BCUT2D eigenvalue weighted by Crippen LogP contribution is 2.31. The molecule has 1 fully saturated rings. The molecule has 1 saturated carbocycles. The molecule has 2 rings (SSSR count). The number of nitrogens with zero attached hydrogens (tertiary/aromatic N) is 3. The Bertz CT molecular complexity index is 360. The van der Waals surface area contributed by atoms with Crippen molar-refractivity contribution in [2.24, 2.45) is 0 Å². The summed E-state index contributed by atoms with van der Waals surface area (Å²) in [5.41, 5.74) is 0. The van der Waals surface area contributed by atoms with Crippen molar-refractivity contribution in [2.45, 2.75) is 39.2 Å². The minimum Gasteiger partial charge on any atom is -0.373 e. The first-order valence-corrected chi connectivity index (χ1v) is 6.04. The van der Waals surface area contributed by atoms with E-state index in [1.54, 1.807) is 0 Å². The normalized spacial score (nSPS) is 14.9. The summed E-state index contributed by atoms with van der Waals surface area (Å²) in [6.07, 6.45) is 3.77. The van der Waals surface area contributed by atoms with E-state index in [1.165, 1.54) is 12.8 Å². The number of aryl methyl sites for hydroxylation is 1. The molecule has 0 aromatic carbocycles. The van der Waals surface area contributed by atoms with Crippen LogP contribution in [0.5, 0.6) is 0 Å². The predicted octanol–water partition coefficient (Wildman–Crippen LogP) is 2.21. The Balaban J connectivity index is 2.25. The summed E-state index contributed by atoms with van der Waals surface area (Å²) in [4.78, 5) is 11.3. The largest absolute Gasteiger partial charge is 0.373 e. The monoisotopic (exact) mass is 220 g/mol. The lowest BCUT2D eigenvalue weighted by Crippen LogP contribution is -2.27. The number of aromatic nitrogens is 2. The second-order valence-corrected chi connectivity index (χ2v) is 4.33. The minimum atomic E-state index is 0.707. The van der Waals surface area contributed by atoms with Crippen LogP contribution < -0.4 is 10.2 Å². The second kappa shape index (κ2) is 4.68. The zero-order valence-corrected chi connectivity index (χ0v) is 10.3. The van der Waals surface area contributed by atoms with Gasteiger partial charge in [-0.1, -0.05) is 6.92 Å². The van der Waals surface area contributed by atoms with E-state index in [2.05, 4.69) is 27.1 Å². The van der Waals surface area contributed by atoms with E-state index in [9.17, 15) is 0 Å². The Hall–Kier alpha value is -1.32. The van der Waals surface area contributed by atoms with Crippen LogP contribution >= 0.6 is 0 Å². The van der Waals surface area contributed by atoms with Crippen molar-refractivity contribution in [1.82, 2.24) is 9.97 Å². The summed E-state index contributed by atoms with van der Waals surface area (Å²) in [5.74, 6) is 2.81. The smallest absolute Gasteiger partial charge is 0.134 e. The molecule has 1 aromatic rings. The topological polar surface area (TPSA) is 41.0 Å². The van der Waals surface area contributed by atoms with Crippen molar-refractivity contribution in [3.8, 4) is 0 Å². The highest BCUT2D eigenvalue weighted by molar-refractivity contribution is 5.50. The molecule has 0 unspecified atom stereocenters. The number of nitrogens with one attached hydrogen (secondary N) is 1. The summed E-state index contributed by atoms with van der Waals surface area (Å²) in [5, 5.41) is 3.09. The highest BCUT2D eigenvalue weighted by atomic mass is 15.2. The highest BCUT2D eigenvalue weighted by Gasteiger charge is 2.29. The van der Waals surface area contributed by atoms with Gasteiger partial charge in [-0.2, -0.15) is 0 Å². The van der Waals surface area contributed by atoms with E-state index in [1.807, 2.05) is 20.0 Å². The molecular formula is C12H20N4. The van der Waals surface area contributed by atoms with Crippen LogP contribution in [0, 0.1) is 6.92 Å². The van der Waals surface area contributed by atoms with Gasteiger partial charge in [0.05, 0.1) is 0 Å². The fourth-order valence-electron chi connectivity index (χ4n) is 1.94. The van der Waals surface area contributed by atoms with E-state index < -0.39 is 0 Å². The molecule has 0 bridgehead atoms. The third-order valence-electron chi connectivity index (χ3n) is 2.83. The molecule has 0 spiro atoms. The van der Waals surface area contributed by atoms with Crippen molar-refractivity contribution < 1.29 is 0 Å². The van der Waals surface area contributed by atoms with Crippen LogP contribution in [0.2, 0.25) is 0 Å². The molecule has 88 valence electrons. The summed E-state index contributed by atoms with van der Waals surface area (Å²) >= 11 is 0. The molecule has 1 heterocycles. The van der Waals surface area contributed by atoms with E-state index in [0.29, 0.717) is 6.04 Å². The maximum Gasteiger partial charge on any atom is 0.134 e. The van der Waals surface area contributed by atoms with Gasteiger partial charge in [-0.15, -0.1) is 0 Å².